The van der Waals surface area contributed by atoms with E-state index in [1.165, 1.54) is 88.0 Å². The van der Waals surface area contributed by atoms with Crippen LogP contribution in [-0.2, 0) is 0 Å². The lowest BCUT2D eigenvalue weighted by atomic mass is 9.83. The van der Waals surface area contributed by atoms with Crippen LogP contribution in [0.2, 0.25) is 0 Å². The molecule has 48 heavy (non-hydrogen) atoms. The summed E-state index contributed by atoms with van der Waals surface area (Å²) in [7, 11) is 0. The molecule has 0 bridgehead atoms. The maximum Gasteiger partial charge on any atom is -0.00201 e. The molecule has 9 aromatic carbocycles. The van der Waals surface area contributed by atoms with Gasteiger partial charge in [-0.25, -0.2) is 0 Å². The van der Waals surface area contributed by atoms with E-state index in [0.29, 0.717) is 0 Å². The first-order valence-electron chi connectivity index (χ1n) is 16.6. The lowest BCUT2D eigenvalue weighted by Gasteiger charge is -2.20. The molecule has 0 heterocycles. The largest absolute Gasteiger partial charge is 0.0622 e. The Hall–Kier alpha value is -6.24. The van der Waals surface area contributed by atoms with Gasteiger partial charge in [-0.1, -0.05) is 182 Å². The van der Waals surface area contributed by atoms with Crippen molar-refractivity contribution in [1.29, 1.82) is 0 Å². The second kappa shape index (κ2) is 11.8. The summed E-state index contributed by atoms with van der Waals surface area (Å²) in [5, 5.41) is 7.56. The topological polar surface area (TPSA) is 0 Å². The fourth-order valence-electron chi connectivity index (χ4n) is 7.38. The fraction of sp³-hybridized carbons (Fsp3) is 0. The molecule has 0 saturated carbocycles. The van der Waals surface area contributed by atoms with Gasteiger partial charge < -0.3 is 0 Å². The van der Waals surface area contributed by atoms with E-state index >= 15 is 0 Å². The number of hydrogen-bond acceptors (Lipinski definition) is 0. The molecule has 0 atom stereocenters. The van der Waals surface area contributed by atoms with Crippen molar-refractivity contribution in [3.63, 3.8) is 0 Å². The summed E-state index contributed by atoms with van der Waals surface area (Å²) in [6.07, 6.45) is 0. The first kappa shape index (κ1) is 28.0. The Labute approximate surface area is 281 Å². The lowest BCUT2D eigenvalue weighted by molar-refractivity contribution is 1.58. The van der Waals surface area contributed by atoms with Gasteiger partial charge in [-0.15, -0.1) is 0 Å². The molecule has 0 amide bonds. The van der Waals surface area contributed by atoms with Crippen molar-refractivity contribution >= 4 is 32.3 Å². The zero-order chi connectivity index (χ0) is 31.9. The zero-order valence-corrected chi connectivity index (χ0v) is 26.5. The fourth-order valence-corrected chi connectivity index (χ4v) is 7.38. The van der Waals surface area contributed by atoms with Gasteiger partial charge in [0.25, 0.3) is 0 Å². The van der Waals surface area contributed by atoms with Crippen molar-refractivity contribution in [1.82, 2.24) is 0 Å². The predicted molar refractivity (Wildman–Crippen MR) is 206 cm³/mol. The Morgan fingerprint density at radius 2 is 0.667 bits per heavy atom. The molecule has 0 unspecified atom stereocenters. The maximum absolute atomic E-state index is 2.36. The molecular formula is C48H32. The molecule has 0 N–H and O–H groups in total. The van der Waals surface area contributed by atoms with E-state index in [0.717, 1.165) is 0 Å². The van der Waals surface area contributed by atoms with Crippen molar-refractivity contribution in [3.8, 4) is 55.6 Å². The highest BCUT2D eigenvalue weighted by Gasteiger charge is 2.19. The van der Waals surface area contributed by atoms with E-state index in [1.807, 2.05) is 0 Å². The molecular weight excluding hydrogens is 577 g/mol. The quantitative estimate of drug-likeness (QED) is 0.171. The average molecular weight is 609 g/mol. The second-order valence-corrected chi connectivity index (χ2v) is 12.5. The Bertz CT molecular complexity index is 2530. The standard InChI is InChI=1S/C48H32/c1-2-13-33(14-3-1)35-25-28-36(29-26-35)41-19-6-7-20-42(41)48-45-23-10-8-21-43(45)47(44-22-9-11-24-46(44)48)40-18-12-17-38(32-40)39-30-27-34-15-4-5-16-37(34)31-39/h1-32H. The predicted octanol–water partition coefficient (Wildman–Crippen LogP) is 13.5. The smallest absolute Gasteiger partial charge is 0.00201 e. The van der Waals surface area contributed by atoms with Gasteiger partial charge in [0.2, 0.25) is 0 Å². The number of rotatable bonds is 5. The highest BCUT2D eigenvalue weighted by atomic mass is 14.2. The molecule has 0 aliphatic heterocycles. The Morgan fingerprint density at radius 3 is 1.38 bits per heavy atom. The van der Waals surface area contributed by atoms with Crippen LogP contribution in [0.5, 0.6) is 0 Å². The third-order valence-electron chi connectivity index (χ3n) is 9.66. The summed E-state index contributed by atoms with van der Waals surface area (Å²) in [6.45, 7) is 0. The lowest BCUT2D eigenvalue weighted by Crippen LogP contribution is -1.93. The summed E-state index contributed by atoms with van der Waals surface area (Å²) in [5.41, 5.74) is 12.4. The van der Waals surface area contributed by atoms with Crippen LogP contribution < -0.4 is 0 Å². The molecule has 9 rings (SSSR count). The van der Waals surface area contributed by atoms with Crippen molar-refractivity contribution in [2.75, 3.05) is 0 Å². The number of benzene rings is 9. The Balaban J connectivity index is 1.24. The van der Waals surface area contributed by atoms with Gasteiger partial charge in [0.15, 0.2) is 0 Å². The molecule has 0 saturated heterocycles. The molecule has 0 aliphatic rings. The van der Waals surface area contributed by atoms with Crippen LogP contribution in [0.4, 0.5) is 0 Å². The van der Waals surface area contributed by atoms with Gasteiger partial charge in [-0.3, -0.25) is 0 Å². The van der Waals surface area contributed by atoms with Crippen molar-refractivity contribution in [2.24, 2.45) is 0 Å². The molecule has 0 aromatic heterocycles. The van der Waals surface area contributed by atoms with Crippen molar-refractivity contribution in [2.45, 2.75) is 0 Å². The van der Waals surface area contributed by atoms with Gasteiger partial charge in [-0.05, 0) is 100 Å². The minimum Gasteiger partial charge on any atom is -0.0622 e. The van der Waals surface area contributed by atoms with Crippen LogP contribution >= 0.6 is 0 Å². The van der Waals surface area contributed by atoms with E-state index < -0.39 is 0 Å². The van der Waals surface area contributed by atoms with Crippen LogP contribution in [0.3, 0.4) is 0 Å². The molecule has 0 aliphatic carbocycles. The summed E-state index contributed by atoms with van der Waals surface area (Å²) in [5.74, 6) is 0. The summed E-state index contributed by atoms with van der Waals surface area (Å²) in [4.78, 5) is 0. The van der Waals surface area contributed by atoms with Gasteiger partial charge in [0.1, 0.15) is 0 Å². The molecule has 0 radical (unpaired) electrons. The van der Waals surface area contributed by atoms with E-state index in [4.69, 9.17) is 0 Å². The highest BCUT2D eigenvalue weighted by molar-refractivity contribution is 6.22. The molecule has 224 valence electrons. The Morgan fingerprint density at radius 1 is 0.208 bits per heavy atom. The van der Waals surface area contributed by atoms with Crippen LogP contribution in [0.25, 0.3) is 88.0 Å². The van der Waals surface area contributed by atoms with Gasteiger partial charge in [0.05, 0.1) is 0 Å². The highest BCUT2D eigenvalue weighted by Crippen LogP contribution is 2.46. The molecule has 0 spiro atoms. The van der Waals surface area contributed by atoms with E-state index in [1.54, 1.807) is 0 Å². The summed E-state index contributed by atoms with van der Waals surface area (Å²) < 4.78 is 0. The summed E-state index contributed by atoms with van der Waals surface area (Å²) >= 11 is 0. The van der Waals surface area contributed by atoms with E-state index in [9.17, 15) is 0 Å². The number of fused-ring (bicyclic) bond motifs is 3. The SMILES string of the molecule is c1ccc(-c2ccc(-c3ccccc3-c3c4ccccc4c(-c4cccc(-c5ccc6ccccc6c5)c4)c4ccccc34)cc2)cc1. The van der Waals surface area contributed by atoms with Crippen LogP contribution in [0.15, 0.2) is 194 Å². The van der Waals surface area contributed by atoms with Gasteiger partial charge >= 0.3 is 0 Å². The monoisotopic (exact) mass is 608 g/mol. The summed E-state index contributed by atoms with van der Waals surface area (Å²) in [6, 6.07) is 70.7. The average Bonchev–Trinajstić information content (AvgIpc) is 3.17. The van der Waals surface area contributed by atoms with Crippen molar-refractivity contribution in [3.05, 3.63) is 194 Å². The third-order valence-corrected chi connectivity index (χ3v) is 9.66. The zero-order valence-electron chi connectivity index (χ0n) is 26.5. The maximum atomic E-state index is 2.36. The van der Waals surface area contributed by atoms with Crippen molar-refractivity contribution < 1.29 is 0 Å². The molecule has 0 heteroatoms. The van der Waals surface area contributed by atoms with Crippen LogP contribution in [-0.4, -0.2) is 0 Å². The van der Waals surface area contributed by atoms with Crippen LogP contribution in [0, 0.1) is 0 Å². The first-order valence-corrected chi connectivity index (χ1v) is 16.6. The third kappa shape index (κ3) is 4.87. The molecule has 9 aromatic rings. The van der Waals surface area contributed by atoms with Crippen LogP contribution in [0.1, 0.15) is 0 Å². The Kier molecular flexibility index (Phi) is 6.91. The van der Waals surface area contributed by atoms with Gasteiger partial charge in [0, 0.05) is 0 Å². The minimum atomic E-state index is 1.21. The second-order valence-electron chi connectivity index (χ2n) is 12.5. The van der Waals surface area contributed by atoms with Gasteiger partial charge in [-0.2, -0.15) is 0 Å². The first-order chi connectivity index (χ1) is 23.8. The number of hydrogen-bond donors (Lipinski definition) is 0. The van der Waals surface area contributed by atoms with E-state index in [-0.39, 0.29) is 0 Å². The normalized spacial score (nSPS) is 11.3. The molecule has 0 fully saturated rings. The minimum absolute atomic E-state index is 1.21. The van der Waals surface area contributed by atoms with E-state index in [2.05, 4.69) is 194 Å². The molecule has 0 nitrogen and oxygen atoms in total.